The SMILES string of the molecule is O=C(N1CCCN(Cc2ccc(Cl)cc2)CC1)C1(c2ccc(Br)cc2)CCOCC1. The Balaban J connectivity index is 1.47. The van der Waals surface area contributed by atoms with Crippen LogP contribution in [0, 0.1) is 0 Å². The standard InChI is InChI=1S/C24H28BrClN2O2/c25-21-6-4-20(5-7-21)24(10-16-30-17-11-24)23(29)28-13-1-12-27(14-15-28)18-19-2-8-22(26)9-3-19/h2-9H,1,10-18H2. The Morgan fingerprint density at radius 2 is 1.67 bits per heavy atom. The largest absolute Gasteiger partial charge is 0.381 e. The van der Waals surface area contributed by atoms with E-state index in [1.165, 1.54) is 5.56 Å². The molecule has 0 aromatic heterocycles. The third-order valence-electron chi connectivity index (χ3n) is 6.35. The van der Waals surface area contributed by atoms with Crippen molar-refractivity contribution in [1.29, 1.82) is 0 Å². The summed E-state index contributed by atoms with van der Waals surface area (Å²) in [7, 11) is 0. The lowest BCUT2D eigenvalue weighted by atomic mass is 9.73. The molecule has 4 rings (SSSR count). The Hall–Kier alpha value is -1.40. The molecule has 0 radical (unpaired) electrons. The van der Waals surface area contributed by atoms with Crippen molar-refractivity contribution in [2.75, 3.05) is 39.4 Å². The van der Waals surface area contributed by atoms with Gasteiger partial charge in [0.2, 0.25) is 5.91 Å². The van der Waals surface area contributed by atoms with Crippen molar-refractivity contribution in [3.8, 4) is 0 Å². The number of hydrogen-bond donors (Lipinski definition) is 0. The van der Waals surface area contributed by atoms with E-state index in [0.717, 1.165) is 67.0 Å². The quantitative estimate of drug-likeness (QED) is 0.611. The molecule has 2 aliphatic rings. The van der Waals surface area contributed by atoms with Crippen molar-refractivity contribution in [3.05, 3.63) is 69.2 Å². The highest BCUT2D eigenvalue weighted by molar-refractivity contribution is 9.10. The lowest BCUT2D eigenvalue weighted by molar-refractivity contribution is -0.141. The number of nitrogens with zero attached hydrogens (tertiary/aromatic N) is 2. The van der Waals surface area contributed by atoms with Crippen LogP contribution in [0.25, 0.3) is 0 Å². The van der Waals surface area contributed by atoms with E-state index in [0.29, 0.717) is 13.2 Å². The van der Waals surface area contributed by atoms with Crippen molar-refractivity contribution >= 4 is 33.4 Å². The predicted molar refractivity (Wildman–Crippen MR) is 124 cm³/mol. The van der Waals surface area contributed by atoms with Crippen LogP contribution in [-0.2, 0) is 21.5 Å². The Morgan fingerprint density at radius 3 is 2.37 bits per heavy atom. The average Bonchev–Trinajstić information content (AvgIpc) is 3.01. The number of ether oxygens (including phenoxy) is 1. The fourth-order valence-corrected chi connectivity index (χ4v) is 4.99. The van der Waals surface area contributed by atoms with Crippen LogP contribution in [0.4, 0.5) is 0 Å². The molecule has 0 N–H and O–H groups in total. The van der Waals surface area contributed by atoms with Gasteiger partial charge in [0.05, 0.1) is 5.41 Å². The van der Waals surface area contributed by atoms with E-state index in [1.54, 1.807) is 0 Å². The summed E-state index contributed by atoms with van der Waals surface area (Å²) in [6.45, 7) is 5.64. The zero-order valence-electron chi connectivity index (χ0n) is 17.2. The molecule has 4 nitrogen and oxygen atoms in total. The highest BCUT2D eigenvalue weighted by atomic mass is 79.9. The zero-order valence-corrected chi connectivity index (χ0v) is 19.5. The molecule has 2 aromatic carbocycles. The van der Waals surface area contributed by atoms with Crippen LogP contribution in [0.15, 0.2) is 53.0 Å². The van der Waals surface area contributed by atoms with Gasteiger partial charge in [-0.05, 0) is 54.7 Å². The molecule has 0 bridgehead atoms. The van der Waals surface area contributed by atoms with Gasteiger partial charge in [0.15, 0.2) is 0 Å². The summed E-state index contributed by atoms with van der Waals surface area (Å²) in [5.74, 6) is 0.265. The van der Waals surface area contributed by atoms with Crippen LogP contribution < -0.4 is 0 Å². The second-order valence-corrected chi connectivity index (χ2v) is 9.60. The lowest BCUT2D eigenvalue weighted by Gasteiger charge is -2.40. The van der Waals surface area contributed by atoms with Gasteiger partial charge in [-0.2, -0.15) is 0 Å². The van der Waals surface area contributed by atoms with Gasteiger partial charge in [0.1, 0.15) is 0 Å². The first-order chi connectivity index (χ1) is 14.6. The van der Waals surface area contributed by atoms with Crippen molar-refractivity contribution in [2.45, 2.75) is 31.2 Å². The van der Waals surface area contributed by atoms with Crippen molar-refractivity contribution in [3.63, 3.8) is 0 Å². The van der Waals surface area contributed by atoms with Crippen LogP contribution in [-0.4, -0.2) is 55.1 Å². The molecule has 2 fully saturated rings. The smallest absolute Gasteiger partial charge is 0.233 e. The Bertz CT molecular complexity index is 851. The highest BCUT2D eigenvalue weighted by Gasteiger charge is 2.44. The van der Waals surface area contributed by atoms with Crippen LogP contribution in [0.2, 0.25) is 5.02 Å². The minimum absolute atomic E-state index is 0.265. The minimum Gasteiger partial charge on any atom is -0.381 e. The fourth-order valence-electron chi connectivity index (χ4n) is 4.60. The van der Waals surface area contributed by atoms with E-state index >= 15 is 0 Å². The summed E-state index contributed by atoms with van der Waals surface area (Å²) < 4.78 is 6.66. The molecule has 2 aliphatic heterocycles. The van der Waals surface area contributed by atoms with E-state index in [1.807, 2.05) is 24.3 Å². The Morgan fingerprint density at radius 1 is 0.967 bits per heavy atom. The maximum Gasteiger partial charge on any atom is 0.233 e. The van der Waals surface area contributed by atoms with Gasteiger partial charge in [0, 0.05) is 55.4 Å². The maximum atomic E-state index is 13.8. The van der Waals surface area contributed by atoms with E-state index in [-0.39, 0.29) is 5.91 Å². The van der Waals surface area contributed by atoms with E-state index in [9.17, 15) is 4.79 Å². The van der Waals surface area contributed by atoms with Crippen LogP contribution in [0.3, 0.4) is 0 Å². The molecule has 1 amide bonds. The van der Waals surface area contributed by atoms with Gasteiger partial charge in [-0.3, -0.25) is 9.69 Å². The van der Waals surface area contributed by atoms with E-state index in [4.69, 9.17) is 16.3 Å². The van der Waals surface area contributed by atoms with Gasteiger partial charge in [-0.1, -0.05) is 51.8 Å². The number of halogens is 2. The number of rotatable bonds is 4. The number of carbonyl (C=O) groups excluding carboxylic acids is 1. The number of benzene rings is 2. The molecule has 30 heavy (non-hydrogen) atoms. The summed E-state index contributed by atoms with van der Waals surface area (Å²) in [6, 6.07) is 16.3. The first-order valence-corrected chi connectivity index (χ1v) is 11.8. The molecule has 160 valence electrons. The molecule has 0 unspecified atom stereocenters. The van der Waals surface area contributed by atoms with E-state index < -0.39 is 5.41 Å². The second-order valence-electron chi connectivity index (χ2n) is 8.25. The molecular weight excluding hydrogens is 464 g/mol. The van der Waals surface area contributed by atoms with E-state index in [2.05, 4.69) is 50.0 Å². The van der Waals surface area contributed by atoms with Gasteiger partial charge in [-0.15, -0.1) is 0 Å². The summed E-state index contributed by atoms with van der Waals surface area (Å²) in [5.41, 5.74) is 1.90. The van der Waals surface area contributed by atoms with Crippen molar-refractivity contribution in [1.82, 2.24) is 9.80 Å². The molecule has 2 aromatic rings. The number of carbonyl (C=O) groups is 1. The maximum absolute atomic E-state index is 13.8. The summed E-state index contributed by atoms with van der Waals surface area (Å²) >= 11 is 9.53. The average molecular weight is 492 g/mol. The second kappa shape index (κ2) is 9.82. The Labute approximate surface area is 192 Å². The third kappa shape index (κ3) is 4.91. The molecule has 2 saturated heterocycles. The zero-order chi connectivity index (χ0) is 21.0. The number of amides is 1. The lowest BCUT2D eigenvalue weighted by Crippen LogP contribution is -2.50. The van der Waals surface area contributed by atoms with Crippen LogP contribution in [0.5, 0.6) is 0 Å². The minimum atomic E-state index is -0.468. The summed E-state index contributed by atoms with van der Waals surface area (Å²) in [4.78, 5) is 18.4. The molecular formula is C24H28BrClN2O2. The third-order valence-corrected chi connectivity index (χ3v) is 7.13. The van der Waals surface area contributed by atoms with Gasteiger partial charge in [-0.25, -0.2) is 0 Å². The topological polar surface area (TPSA) is 32.8 Å². The molecule has 0 saturated carbocycles. The summed E-state index contributed by atoms with van der Waals surface area (Å²) in [5, 5.41) is 0.765. The predicted octanol–water partition coefficient (Wildman–Crippen LogP) is 4.89. The number of hydrogen-bond acceptors (Lipinski definition) is 3. The summed E-state index contributed by atoms with van der Waals surface area (Å²) in [6.07, 6.45) is 2.49. The van der Waals surface area contributed by atoms with Crippen molar-refractivity contribution < 1.29 is 9.53 Å². The normalized spacial score (nSPS) is 20.0. The van der Waals surface area contributed by atoms with Crippen molar-refractivity contribution in [2.24, 2.45) is 0 Å². The monoisotopic (exact) mass is 490 g/mol. The van der Waals surface area contributed by atoms with Crippen LogP contribution in [0.1, 0.15) is 30.4 Å². The first kappa shape index (κ1) is 21.8. The first-order valence-electron chi connectivity index (χ1n) is 10.7. The molecule has 6 heteroatoms. The van der Waals surface area contributed by atoms with Crippen LogP contribution >= 0.6 is 27.5 Å². The molecule has 0 atom stereocenters. The molecule has 0 aliphatic carbocycles. The Kier molecular flexibility index (Phi) is 7.14. The molecule has 2 heterocycles. The van der Waals surface area contributed by atoms with Gasteiger partial charge >= 0.3 is 0 Å². The van der Waals surface area contributed by atoms with Gasteiger partial charge < -0.3 is 9.64 Å². The highest BCUT2D eigenvalue weighted by Crippen LogP contribution is 2.37. The van der Waals surface area contributed by atoms with Gasteiger partial charge in [0.25, 0.3) is 0 Å². The molecule has 0 spiro atoms. The fraction of sp³-hybridized carbons (Fsp3) is 0.458.